The molecule has 2 rings (SSSR count). The van der Waals surface area contributed by atoms with Crippen molar-refractivity contribution in [1.29, 1.82) is 0 Å². The van der Waals surface area contributed by atoms with E-state index in [4.69, 9.17) is 4.74 Å². The molecule has 1 heterocycles. The van der Waals surface area contributed by atoms with E-state index in [1.807, 2.05) is 18.9 Å². The van der Waals surface area contributed by atoms with E-state index in [0.29, 0.717) is 23.6 Å². The summed E-state index contributed by atoms with van der Waals surface area (Å²) >= 11 is 0. The Balaban J connectivity index is 2.17. The van der Waals surface area contributed by atoms with Crippen molar-refractivity contribution in [1.82, 2.24) is 4.98 Å². The number of hydrogen-bond donors (Lipinski definition) is 0. The second kappa shape index (κ2) is 7.02. The summed E-state index contributed by atoms with van der Waals surface area (Å²) in [6.07, 6.45) is 1.47. The van der Waals surface area contributed by atoms with Crippen LogP contribution in [-0.2, 0) is 4.74 Å². The quantitative estimate of drug-likeness (QED) is 0.792. The van der Waals surface area contributed by atoms with Gasteiger partial charge >= 0.3 is 5.97 Å². The number of aromatic nitrogens is 1. The molecule has 0 fully saturated rings. The maximum absolute atomic E-state index is 13.9. The number of anilines is 1. The van der Waals surface area contributed by atoms with Gasteiger partial charge in [-0.05, 0) is 32.0 Å². The lowest BCUT2D eigenvalue weighted by Crippen LogP contribution is -2.23. The summed E-state index contributed by atoms with van der Waals surface area (Å²) in [5.74, 6) is 0.0140. The van der Waals surface area contributed by atoms with Crippen LogP contribution in [0.25, 0.3) is 0 Å². The van der Waals surface area contributed by atoms with E-state index in [2.05, 4.69) is 4.98 Å². The molecule has 0 spiro atoms. The zero-order valence-corrected chi connectivity index (χ0v) is 12.9. The molecule has 2 aromatic rings. The number of ether oxygens (including phenoxy) is 1. The Morgan fingerprint density at radius 1 is 1.32 bits per heavy atom. The lowest BCUT2D eigenvalue weighted by molar-refractivity contribution is 0.0526. The molecule has 0 bridgehead atoms. The molecule has 116 valence electrons. The molecule has 1 aromatic carbocycles. The van der Waals surface area contributed by atoms with Gasteiger partial charge in [-0.3, -0.25) is 0 Å². The van der Waals surface area contributed by atoms with E-state index < -0.39 is 5.97 Å². The maximum Gasteiger partial charge on any atom is 0.339 e. The number of carbonyl (C=O) groups excluding carboxylic acids is 1. The van der Waals surface area contributed by atoms with Gasteiger partial charge in [0.15, 0.2) is 0 Å². The van der Waals surface area contributed by atoms with Gasteiger partial charge in [0.05, 0.1) is 18.2 Å². The summed E-state index contributed by atoms with van der Waals surface area (Å²) < 4.78 is 18.8. The molecule has 1 unspecified atom stereocenters. The highest BCUT2D eigenvalue weighted by atomic mass is 19.1. The third-order valence-electron chi connectivity index (χ3n) is 3.56. The number of hydrogen-bond acceptors (Lipinski definition) is 4. The third-order valence-corrected chi connectivity index (χ3v) is 3.56. The van der Waals surface area contributed by atoms with E-state index in [9.17, 15) is 9.18 Å². The monoisotopic (exact) mass is 302 g/mol. The highest BCUT2D eigenvalue weighted by Gasteiger charge is 2.17. The average Bonchev–Trinajstić information content (AvgIpc) is 2.54. The van der Waals surface area contributed by atoms with Crippen LogP contribution < -0.4 is 4.90 Å². The Kier molecular flexibility index (Phi) is 5.09. The Labute approximate surface area is 129 Å². The first-order chi connectivity index (χ1) is 10.5. The largest absolute Gasteiger partial charge is 0.462 e. The molecule has 0 saturated heterocycles. The smallest absolute Gasteiger partial charge is 0.339 e. The first kappa shape index (κ1) is 15.9. The molecule has 22 heavy (non-hydrogen) atoms. The molecule has 1 atom stereocenters. The van der Waals surface area contributed by atoms with Crippen LogP contribution in [0, 0.1) is 5.82 Å². The summed E-state index contributed by atoms with van der Waals surface area (Å²) in [4.78, 5) is 17.7. The van der Waals surface area contributed by atoms with Crippen LogP contribution in [0.3, 0.4) is 0 Å². The Morgan fingerprint density at radius 2 is 2.05 bits per heavy atom. The average molecular weight is 302 g/mol. The summed E-state index contributed by atoms with van der Waals surface area (Å²) in [7, 11) is 1.84. The molecule has 0 saturated carbocycles. The number of nitrogens with zero attached hydrogens (tertiary/aromatic N) is 2. The molecule has 0 aliphatic heterocycles. The van der Waals surface area contributed by atoms with Gasteiger partial charge in [-0.2, -0.15) is 0 Å². The minimum absolute atomic E-state index is 0.179. The van der Waals surface area contributed by atoms with E-state index >= 15 is 0 Å². The van der Waals surface area contributed by atoms with Crippen molar-refractivity contribution in [2.45, 2.75) is 19.9 Å². The summed E-state index contributed by atoms with van der Waals surface area (Å²) in [6.45, 7) is 3.98. The van der Waals surface area contributed by atoms with Crippen molar-refractivity contribution in [3.05, 3.63) is 59.5 Å². The number of esters is 1. The molecule has 0 amide bonds. The predicted molar refractivity (Wildman–Crippen MR) is 83.4 cm³/mol. The normalized spacial score (nSPS) is 11.8. The van der Waals surface area contributed by atoms with Crippen LogP contribution in [0.15, 0.2) is 42.6 Å². The fourth-order valence-electron chi connectivity index (χ4n) is 2.15. The van der Waals surface area contributed by atoms with Gasteiger partial charge in [0.25, 0.3) is 0 Å². The van der Waals surface area contributed by atoms with E-state index in [1.165, 1.54) is 12.3 Å². The SMILES string of the molecule is CCOC(=O)c1ccc(N(C)C(C)c2ccccc2F)nc1. The first-order valence-corrected chi connectivity index (χ1v) is 7.15. The van der Waals surface area contributed by atoms with Gasteiger partial charge < -0.3 is 9.64 Å². The number of pyridine rings is 1. The fraction of sp³-hybridized carbons (Fsp3) is 0.294. The van der Waals surface area contributed by atoms with E-state index in [0.717, 1.165) is 0 Å². The van der Waals surface area contributed by atoms with Gasteiger partial charge in [0.2, 0.25) is 0 Å². The molecule has 1 aromatic heterocycles. The van der Waals surface area contributed by atoms with Crippen LogP contribution in [0.4, 0.5) is 10.2 Å². The molecule has 4 nitrogen and oxygen atoms in total. The molecular weight excluding hydrogens is 283 g/mol. The lowest BCUT2D eigenvalue weighted by Gasteiger charge is -2.26. The highest BCUT2D eigenvalue weighted by Crippen LogP contribution is 2.25. The topological polar surface area (TPSA) is 42.4 Å². The number of rotatable bonds is 5. The van der Waals surface area contributed by atoms with Crippen molar-refractivity contribution >= 4 is 11.8 Å². The van der Waals surface area contributed by atoms with Gasteiger partial charge in [-0.15, -0.1) is 0 Å². The summed E-state index contributed by atoms with van der Waals surface area (Å²) in [6, 6.07) is 9.87. The minimum Gasteiger partial charge on any atom is -0.462 e. The summed E-state index contributed by atoms with van der Waals surface area (Å²) in [5.41, 5.74) is 0.999. The second-order valence-corrected chi connectivity index (χ2v) is 4.93. The van der Waals surface area contributed by atoms with Crippen molar-refractivity contribution in [2.75, 3.05) is 18.6 Å². The molecule has 0 aliphatic rings. The Hall–Kier alpha value is -2.43. The molecular formula is C17H19FN2O2. The Bertz CT molecular complexity index is 643. The molecule has 0 radical (unpaired) electrons. The van der Waals surface area contributed by atoms with Crippen molar-refractivity contribution in [3.8, 4) is 0 Å². The standard InChI is InChI=1S/C17H19FN2O2/c1-4-22-17(21)13-9-10-16(19-11-13)20(3)12(2)14-7-5-6-8-15(14)18/h5-12H,4H2,1-3H3. The zero-order chi connectivity index (χ0) is 16.1. The number of carbonyl (C=O) groups is 1. The van der Waals surface area contributed by atoms with Gasteiger partial charge in [0, 0.05) is 18.8 Å². The fourth-order valence-corrected chi connectivity index (χ4v) is 2.15. The van der Waals surface area contributed by atoms with E-state index in [-0.39, 0.29) is 11.9 Å². The maximum atomic E-state index is 13.9. The third kappa shape index (κ3) is 3.42. The second-order valence-electron chi connectivity index (χ2n) is 4.93. The highest BCUT2D eigenvalue weighted by molar-refractivity contribution is 5.89. The van der Waals surface area contributed by atoms with Gasteiger partial charge in [0.1, 0.15) is 11.6 Å². The summed E-state index contributed by atoms with van der Waals surface area (Å²) in [5, 5.41) is 0. The molecule has 0 aliphatic carbocycles. The predicted octanol–water partition coefficient (Wildman–Crippen LogP) is 3.59. The molecule has 5 heteroatoms. The van der Waals surface area contributed by atoms with Crippen LogP contribution >= 0.6 is 0 Å². The minimum atomic E-state index is -0.397. The van der Waals surface area contributed by atoms with Gasteiger partial charge in [-0.25, -0.2) is 14.2 Å². The lowest BCUT2D eigenvalue weighted by atomic mass is 10.1. The van der Waals surface area contributed by atoms with Crippen molar-refractivity contribution < 1.29 is 13.9 Å². The molecule has 0 N–H and O–H groups in total. The zero-order valence-electron chi connectivity index (χ0n) is 12.9. The van der Waals surface area contributed by atoms with Crippen LogP contribution in [0.1, 0.15) is 35.8 Å². The van der Waals surface area contributed by atoms with Crippen molar-refractivity contribution in [3.63, 3.8) is 0 Å². The van der Waals surface area contributed by atoms with Gasteiger partial charge in [-0.1, -0.05) is 18.2 Å². The van der Waals surface area contributed by atoms with E-state index in [1.54, 1.807) is 37.3 Å². The Morgan fingerprint density at radius 3 is 2.64 bits per heavy atom. The number of benzene rings is 1. The van der Waals surface area contributed by atoms with Crippen molar-refractivity contribution in [2.24, 2.45) is 0 Å². The van der Waals surface area contributed by atoms with Crippen LogP contribution in [0.2, 0.25) is 0 Å². The first-order valence-electron chi connectivity index (χ1n) is 7.15. The number of halogens is 1. The van der Waals surface area contributed by atoms with Crippen LogP contribution in [0.5, 0.6) is 0 Å². The van der Waals surface area contributed by atoms with Crippen LogP contribution in [-0.4, -0.2) is 24.6 Å².